The molecule has 2 aromatic carbocycles. The third kappa shape index (κ3) is 5.57. The third-order valence-electron chi connectivity index (χ3n) is 8.03. The zero-order chi connectivity index (χ0) is 27.8. The molecule has 0 aliphatic carbocycles. The van der Waals surface area contributed by atoms with E-state index in [1.807, 2.05) is 25.7 Å². The smallest absolute Gasteiger partial charge is 0.410 e. The highest BCUT2D eigenvalue weighted by atomic mass is 28.4. The number of piperazine rings is 1. The maximum absolute atomic E-state index is 12.8. The van der Waals surface area contributed by atoms with Gasteiger partial charge in [0.15, 0.2) is 0 Å². The average molecular weight is 539 g/mol. The van der Waals surface area contributed by atoms with Crippen molar-refractivity contribution >= 4 is 24.8 Å². The van der Waals surface area contributed by atoms with E-state index in [9.17, 15) is 4.79 Å². The molecule has 208 valence electrons. The molecule has 1 amide bonds. The Bertz CT molecular complexity index is 1040. The number of amides is 1. The van der Waals surface area contributed by atoms with Gasteiger partial charge >= 0.3 is 6.09 Å². The van der Waals surface area contributed by atoms with Gasteiger partial charge in [0.2, 0.25) is 0 Å². The Kier molecular flexibility index (Phi) is 8.16. The Morgan fingerprint density at radius 3 is 1.97 bits per heavy atom. The first kappa shape index (κ1) is 28.8. The van der Waals surface area contributed by atoms with Crippen molar-refractivity contribution in [3.63, 3.8) is 0 Å². The SMILES string of the molecule is C[C@H]1CN(C(=O)OC(C)(C)C)CCN1[C@]1(C)COC[C@@H]1O[Si](c1ccccc1)(c1ccccc1)C(C)(C)C. The summed E-state index contributed by atoms with van der Waals surface area (Å²) in [4.78, 5) is 17.1. The van der Waals surface area contributed by atoms with Gasteiger partial charge in [0.05, 0.1) is 24.9 Å². The Morgan fingerprint density at radius 1 is 0.947 bits per heavy atom. The number of nitrogens with zero attached hydrogens (tertiary/aromatic N) is 2. The molecule has 0 N–H and O–H groups in total. The van der Waals surface area contributed by atoms with E-state index in [0.29, 0.717) is 26.3 Å². The van der Waals surface area contributed by atoms with Gasteiger partial charge in [0.1, 0.15) is 5.60 Å². The summed E-state index contributed by atoms with van der Waals surface area (Å²) in [6, 6.07) is 21.7. The van der Waals surface area contributed by atoms with E-state index in [2.05, 4.69) is 100 Å². The minimum Gasteiger partial charge on any atom is -0.444 e. The lowest BCUT2D eigenvalue weighted by Gasteiger charge is -2.52. The molecule has 2 aliphatic rings. The molecule has 7 heteroatoms. The molecule has 2 heterocycles. The van der Waals surface area contributed by atoms with Gasteiger partial charge in [-0.3, -0.25) is 4.90 Å². The van der Waals surface area contributed by atoms with Crippen LogP contribution in [0.2, 0.25) is 5.04 Å². The summed E-state index contributed by atoms with van der Waals surface area (Å²) in [5.41, 5.74) is -0.816. The number of hydrogen-bond donors (Lipinski definition) is 0. The summed E-state index contributed by atoms with van der Waals surface area (Å²) < 4.78 is 19.4. The fraction of sp³-hybridized carbons (Fsp3) is 0.581. The highest BCUT2D eigenvalue weighted by Crippen LogP contribution is 2.41. The summed E-state index contributed by atoms with van der Waals surface area (Å²) in [5, 5.41) is 2.44. The van der Waals surface area contributed by atoms with Crippen LogP contribution < -0.4 is 10.4 Å². The number of carbonyl (C=O) groups excluding carboxylic acids is 1. The predicted molar refractivity (Wildman–Crippen MR) is 156 cm³/mol. The van der Waals surface area contributed by atoms with E-state index in [-0.39, 0.29) is 28.8 Å². The molecule has 2 saturated heterocycles. The fourth-order valence-electron chi connectivity index (χ4n) is 6.19. The highest BCUT2D eigenvalue weighted by molar-refractivity contribution is 6.99. The molecule has 38 heavy (non-hydrogen) atoms. The molecular weight excluding hydrogens is 492 g/mol. The average Bonchev–Trinajstić information content (AvgIpc) is 3.22. The highest BCUT2D eigenvalue weighted by Gasteiger charge is 2.57. The van der Waals surface area contributed by atoms with Crippen LogP contribution in [-0.2, 0) is 13.9 Å². The van der Waals surface area contributed by atoms with Crippen LogP contribution in [0.5, 0.6) is 0 Å². The maximum Gasteiger partial charge on any atom is 0.410 e. The normalized spacial score (nSPS) is 25.4. The largest absolute Gasteiger partial charge is 0.444 e. The van der Waals surface area contributed by atoms with Gasteiger partial charge in [-0.2, -0.15) is 0 Å². The van der Waals surface area contributed by atoms with Crippen LogP contribution in [0.4, 0.5) is 4.79 Å². The molecule has 0 bridgehead atoms. The Balaban J connectivity index is 1.66. The summed E-state index contributed by atoms with van der Waals surface area (Å²) in [6.07, 6.45) is -0.346. The monoisotopic (exact) mass is 538 g/mol. The van der Waals surface area contributed by atoms with Gasteiger partial charge < -0.3 is 18.8 Å². The Morgan fingerprint density at radius 2 is 1.50 bits per heavy atom. The van der Waals surface area contributed by atoms with Crippen LogP contribution in [-0.4, -0.2) is 80.3 Å². The van der Waals surface area contributed by atoms with E-state index in [0.717, 1.165) is 6.54 Å². The number of rotatable bonds is 5. The van der Waals surface area contributed by atoms with E-state index in [1.165, 1.54) is 10.4 Å². The first-order valence-corrected chi connectivity index (χ1v) is 15.8. The second-order valence-corrected chi connectivity index (χ2v) is 17.4. The first-order valence-electron chi connectivity index (χ1n) is 13.9. The molecule has 0 aromatic heterocycles. The Hall–Kier alpha value is -2.19. The van der Waals surface area contributed by atoms with Crippen molar-refractivity contribution in [2.75, 3.05) is 32.8 Å². The van der Waals surface area contributed by atoms with Gasteiger partial charge in [0.25, 0.3) is 8.32 Å². The zero-order valence-corrected chi connectivity index (χ0v) is 25.5. The summed E-state index contributed by atoms with van der Waals surface area (Å²) >= 11 is 0. The van der Waals surface area contributed by atoms with Crippen molar-refractivity contribution < 1.29 is 18.7 Å². The first-order chi connectivity index (χ1) is 17.8. The molecule has 0 spiro atoms. The summed E-state index contributed by atoms with van der Waals surface area (Å²) in [7, 11) is -2.74. The van der Waals surface area contributed by atoms with Crippen LogP contribution >= 0.6 is 0 Å². The van der Waals surface area contributed by atoms with Crippen molar-refractivity contribution in [3.05, 3.63) is 60.7 Å². The van der Waals surface area contributed by atoms with Crippen molar-refractivity contribution in [2.45, 2.75) is 83.7 Å². The molecule has 2 fully saturated rings. The molecule has 2 aromatic rings. The molecule has 3 atom stereocenters. The zero-order valence-electron chi connectivity index (χ0n) is 24.5. The number of carbonyl (C=O) groups is 1. The second-order valence-electron chi connectivity index (χ2n) is 13.1. The standard InChI is InChI=1S/C31H46N2O4Si/c1-24-21-32(28(34)36-29(2,3)4)19-20-33(24)31(8)23-35-22-27(31)37-38(30(5,6)7,25-15-11-9-12-16-25)26-17-13-10-14-18-26/h9-18,24,27H,19-23H2,1-8H3/t24-,27-,31+/m0/s1. The summed E-state index contributed by atoms with van der Waals surface area (Å²) in [5.74, 6) is 0. The van der Waals surface area contributed by atoms with Crippen LogP contribution in [0.1, 0.15) is 55.4 Å². The predicted octanol–water partition coefficient (Wildman–Crippen LogP) is 4.66. The van der Waals surface area contributed by atoms with Crippen molar-refractivity contribution in [3.8, 4) is 0 Å². The van der Waals surface area contributed by atoms with Gasteiger partial charge in [0, 0.05) is 25.7 Å². The van der Waals surface area contributed by atoms with Crippen LogP contribution in [0, 0.1) is 0 Å². The fourth-order valence-corrected chi connectivity index (χ4v) is 11.0. The minimum absolute atomic E-state index is 0.107. The number of benzene rings is 2. The van der Waals surface area contributed by atoms with Gasteiger partial charge in [-0.15, -0.1) is 0 Å². The van der Waals surface area contributed by atoms with Crippen LogP contribution in [0.15, 0.2) is 60.7 Å². The molecule has 0 unspecified atom stereocenters. The lowest BCUT2D eigenvalue weighted by atomic mass is 9.93. The van der Waals surface area contributed by atoms with Gasteiger partial charge in [-0.25, -0.2) is 4.79 Å². The lowest BCUT2D eigenvalue weighted by molar-refractivity contribution is -0.0471. The second kappa shape index (κ2) is 10.8. The molecule has 2 aliphatic heterocycles. The third-order valence-corrected chi connectivity index (χ3v) is 13.1. The molecular formula is C31H46N2O4Si. The molecule has 0 saturated carbocycles. The molecule has 6 nitrogen and oxygen atoms in total. The summed E-state index contributed by atoms with van der Waals surface area (Å²) in [6.45, 7) is 20.3. The van der Waals surface area contributed by atoms with Gasteiger partial charge in [-0.05, 0) is 50.0 Å². The van der Waals surface area contributed by atoms with Crippen molar-refractivity contribution in [1.29, 1.82) is 0 Å². The molecule has 0 radical (unpaired) electrons. The lowest BCUT2D eigenvalue weighted by Crippen LogP contribution is -2.72. The van der Waals surface area contributed by atoms with Crippen LogP contribution in [0.3, 0.4) is 0 Å². The topological polar surface area (TPSA) is 51.2 Å². The van der Waals surface area contributed by atoms with E-state index >= 15 is 0 Å². The van der Waals surface area contributed by atoms with Crippen molar-refractivity contribution in [2.24, 2.45) is 0 Å². The maximum atomic E-state index is 12.8. The van der Waals surface area contributed by atoms with E-state index in [1.54, 1.807) is 0 Å². The Labute approximate surface area is 230 Å². The number of ether oxygens (including phenoxy) is 2. The minimum atomic E-state index is -2.74. The molecule has 4 rings (SSSR count). The van der Waals surface area contributed by atoms with Gasteiger partial charge in [-0.1, -0.05) is 81.4 Å². The van der Waals surface area contributed by atoms with Crippen molar-refractivity contribution in [1.82, 2.24) is 9.80 Å². The van der Waals surface area contributed by atoms with E-state index < -0.39 is 13.9 Å². The van der Waals surface area contributed by atoms with E-state index in [4.69, 9.17) is 13.9 Å². The quantitative estimate of drug-likeness (QED) is 0.518. The van der Waals surface area contributed by atoms with Crippen LogP contribution in [0.25, 0.3) is 0 Å². The number of hydrogen-bond acceptors (Lipinski definition) is 5.